The molecular weight excluding hydrogens is 492 g/mol. The van der Waals surface area contributed by atoms with Gasteiger partial charge in [0.2, 0.25) is 0 Å². The maximum atomic E-state index is 13.4. The number of amides is 2. The molecule has 0 radical (unpaired) electrons. The van der Waals surface area contributed by atoms with Crippen molar-refractivity contribution in [3.05, 3.63) is 76.9 Å². The minimum absolute atomic E-state index is 0.298. The number of anilines is 3. The van der Waals surface area contributed by atoms with E-state index in [1.807, 2.05) is 12.1 Å². The fourth-order valence-electron chi connectivity index (χ4n) is 3.96. The zero-order chi connectivity index (χ0) is 26.2. The maximum Gasteiger partial charge on any atom is 0.259 e. The maximum absolute atomic E-state index is 13.4. The van der Waals surface area contributed by atoms with Gasteiger partial charge in [0.05, 0.1) is 28.4 Å². The van der Waals surface area contributed by atoms with Gasteiger partial charge in [-0.3, -0.25) is 9.59 Å². The molecule has 1 aromatic heterocycles. The van der Waals surface area contributed by atoms with E-state index < -0.39 is 5.91 Å². The third-order valence-corrected chi connectivity index (χ3v) is 6.30. The van der Waals surface area contributed by atoms with Gasteiger partial charge in [0.15, 0.2) is 0 Å². The average molecular weight is 523 g/mol. The molecule has 1 aliphatic heterocycles. The second-order valence-electron chi connectivity index (χ2n) is 8.78. The van der Waals surface area contributed by atoms with E-state index in [0.717, 1.165) is 31.9 Å². The van der Waals surface area contributed by atoms with Crippen molar-refractivity contribution in [3.63, 3.8) is 0 Å². The van der Waals surface area contributed by atoms with Crippen molar-refractivity contribution in [2.45, 2.75) is 6.42 Å². The summed E-state index contributed by atoms with van der Waals surface area (Å²) in [5.41, 5.74) is 7.69. The van der Waals surface area contributed by atoms with Gasteiger partial charge in [0.25, 0.3) is 11.8 Å². The largest absolute Gasteiger partial charge is 0.493 e. The summed E-state index contributed by atoms with van der Waals surface area (Å²) < 4.78 is 5.98. The molecule has 4 rings (SSSR count). The number of hydrogen-bond donors (Lipinski definition) is 3. The lowest BCUT2D eigenvalue weighted by molar-refractivity contribution is 0.102. The van der Waals surface area contributed by atoms with Gasteiger partial charge in [-0.15, -0.1) is 0 Å². The molecule has 2 amide bonds. The lowest BCUT2D eigenvalue weighted by Gasteiger charge is -2.34. The van der Waals surface area contributed by atoms with Crippen molar-refractivity contribution in [2.75, 3.05) is 61.9 Å². The van der Waals surface area contributed by atoms with E-state index in [0.29, 0.717) is 53.0 Å². The highest BCUT2D eigenvalue weighted by molar-refractivity contribution is 6.30. The molecular formula is C27H31ClN6O3. The van der Waals surface area contributed by atoms with Crippen molar-refractivity contribution in [1.29, 1.82) is 0 Å². The third-order valence-electron chi connectivity index (χ3n) is 6.07. The van der Waals surface area contributed by atoms with E-state index in [4.69, 9.17) is 22.1 Å². The Morgan fingerprint density at radius 3 is 2.49 bits per heavy atom. The standard InChI is InChI=1S/C27H31ClN6O3/c1-33-12-14-34(15-13-33)20-8-9-22(24(17-20)37-16-4-11-29)27(36)31-23-6-3-2-5-21(23)26(35)32-25-10-7-19(28)18-30-25/h2-3,5-10,17-18H,4,11-16,29H2,1H3,(H,31,36)(H,30,32,35). The second-order valence-corrected chi connectivity index (χ2v) is 9.21. The predicted molar refractivity (Wildman–Crippen MR) is 147 cm³/mol. The van der Waals surface area contributed by atoms with Crippen molar-refractivity contribution < 1.29 is 14.3 Å². The van der Waals surface area contributed by atoms with Gasteiger partial charge in [-0.1, -0.05) is 23.7 Å². The summed E-state index contributed by atoms with van der Waals surface area (Å²) in [6.07, 6.45) is 2.12. The molecule has 1 fully saturated rings. The molecule has 194 valence electrons. The molecule has 10 heteroatoms. The summed E-state index contributed by atoms with van der Waals surface area (Å²) >= 11 is 5.87. The number of carbonyl (C=O) groups is 2. The SMILES string of the molecule is CN1CCN(c2ccc(C(=O)Nc3ccccc3C(=O)Nc3ccc(Cl)cn3)c(OCCCN)c2)CC1. The molecule has 0 aliphatic carbocycles. The van der Waals surface area contributed by atoms with Crippen molar-refractivity contribution in [2.24, 2.45) is 5.73 Å². The molecule has 2 aromatic carbocycles. The highest BCUT2D eigenvalue weighted by Gasteiger charge is 2.20. The predicted octanol–water partition coefficient (Wildman–Crippen LogP) is 3.72. The summed E-state index contributed by atoms with van der Waals surface area (Å²) in [6.45, 7) is 4.62. The van der Waals surface area contributed by atoms with Crippen LogP contribution in [0.3, 0.4) is 0 Å². The number of carbonyl (C=O) groups excluding carboxylic acids is 2. The van der Waals surface area contributed by atoms with E-state index in [1.54, 1.807) is 42.5 Å². The molecule has 4 N–H and O–H groups in total. The number of likely N-dealkylation sites (N-methyl/N-ethyl adjacent to an activating group) is 1. The summed E-state index contributed by atoms with van der Waals surface area (Å²) in [6, 6.07) is 15.6. The number of piperazine rings is 1. The monoisotopic (exact) mass is 522 g/mol. The van der Waals surface area contributed by atoms with Gasteiger partial charge in [-0.2, -0.15) is 0 Å². The Morgan fingerprint density at radius 1 is 1.00 bits per heavy atom. The quantitative estimate of drug-likeness (QED) is 0.367. The molecule has 37 heavy (non-hydrogen) atoms. The van der Waals surface area contributed by atoms with Crippen LogP contribution in [0.2, 0.25) is 5.02 Å². The first-order valence-corrected chi connectivity index (χ1v) is 12.6. The average Bonchev–Trinajstić information content (AvgIpc) is 2.91. The Kier molecular flexibility index (Phi) is 8.95. The summed E-state index contributed by atoms with van der Waals surface area (Å²) in [5.74, 6) is 0.0494. The van der Waals surface area contributed by atoms with Gasteiger partial charge >= 0.3 is 0 Å². The number of rotatable bonds is 9. The number of hydrogen-bond acceptors (Lipinski definition) is 7. The van der Waals surface area contributed by atoms with Crippen molar-refractivity contribution in [3.8, 4) is 5.75 Å². The van der Waals surface area contributed by atoms with Crippen LogP contribution in [0.25, 0.3) is 0 Å². The van der Waals surface area contributed by atoms with Crippen LogP contribution in [-0.4, -0.2) is 68.1 Å². The minimum Gasteiger partial charge on any atom is -0.493 e. The van der Waals surface area contributed by atoms with Crippen LogP contribution >= 0.6 is 11.6 Å². The summed E-state index contributed by atoms with van der Waals surface area (Å²) in [4.78, 5) is 35.0. The molecule has 0 spiro atoms. The number of para-hydroxylation sites is 1. The Bertz CT molecular complexity index is 1230. The highest BCUT2D eigenvalue weighted by Crippen LogP contribution is 2.28. The van der Waals surface area contributed by atoms with E-state index >= 15 is 0 Å². The van der Waals surface area contributed by atoms with Gasteiger partial charge in [0, 0.05) is 44.1 Å². The first-order chi connectivity index (χ1) is 17.9. The molecule has 0 bridgehead atoms. The smallest absolute Gasteiger partial charge is 0.259 e. The molecule has 0 saturated carbocycles. The summed E-state index contributed by atoms with van der Waals surface area (Å²) in [5, 5.41) is 6.06. The third kappa shape index (κ3) is 6.97. The van der Waals surface area contributed by atoms with Crippen LogP contribution in [0.1, 0.15) is 27.1 Å². The first kappa shape index (κ1) is 26.4. The number of nitrogens with two attached hydrogens (primary N) is 1. The number of benzene rings is 2. The molecule has 0 unspecified atom stereocenters. The van der Waals surface area contributed by atoms with Gasteiger partial charge in [0.1, 0.15) is 11.6 Å². The zero-order valence-corrected chi connectivity index (χ0v) is 21.5. The van der Waals surface area contributed by atoms with E-state index in [1.165, 1.54) is 6.20 Å². The Labute approximate surface area is 221 Å². The lowest BCUT2D eigenvalue weighted by atomic mass is 10.1. The topological polar surface area (TPSA) is 113 Å². The molecule has 1 saturated heterocycles. The van der Waals surface area contributed by atoms with Gasteiger partial charge < -0.3 is 30.9 Å². The van der Waals surface area contributed by atoms with E-state index in [9.17, 15) is 9.59 Å². The lowest BCUT2D eigenvalue weighted by Crippen LogP contribution is -2.44. The zero-order valence-electron chi connectivity index (χ0n) is 20.7. The number of ether oxygens (including phenoxy) is 1. The Balaban J connectivity index is 1.54. The molecule has 0 atom stereocenters. The Morgan fingerprint density at radius 2 is 1.76 bits per heavy atom. The minimum atomic E-state index is -0.407. The molecule has 3 aromatic rings. The number of pyridine rings is 1. The first-order valence-electron chi connectivity index (χ1n) is 12.2. The van der Waals surface area contributed by atoms with Crippen LogP contribution < -0.4 is 26.0 Å². The van der Waals surface area contributed by atoms with Crippen LogP contribution in [-0.2, 0) is 0 Å². The Hall–Kier alpha value is -3.66. The van der Waals surface area contributed by atoms with Crippen LogP contribution in [0.5, 0.6) is 5.75 Å². The summed E-state index contributed by atoms with van der Waals surface area (Å²) in [7, 11) is 2.11. The van der Waals surface area contributed by atoms with Crippen molar-refractivity contribution >= 4 is 40.6 Å². The number of halogens is 1. The molecule has 2 heterocycles. The number of aromatic nitrogens is 1. The second kappa shape index (κ2) is 12.5. The van der Waals surface area contributed by atoms with Crippen LogP contribution in [0.15, 0.2) is 60.8 Å². The molecule has 1 aliphatic rings. The van der Waals surface area contributed by atoms with Crippen LogP contribution in [0, 0.1) is 0 Å². The fourth-order valence-corrected chi connectivity index (χ4v) is 4.07. The van der Waals surface area contributed by atoms with Gasteiger partial charge in [-0.25, -0.2) is 4.98 Å². The normalized spacial score (nSPS) is 13.8. The van der Waals surface area contributed by atoms with Crippen LogP contribution in [0.4, 0.5) is 17.2 Å². The highest BCUT2D eigenvalue weighted by atomic mass is 35.5. The van der Waals surface area contributed by atoms with Gasteiger partial charge in [-0.05, 0) is 56.4 Å². The molecule has 9 nitrogen and oxygen atoms in total. The van der Waals surface area contributed by atoms with Crippen molar-refractivity contribution in [1.82, 2.24) is 9.88 Å². The van der Waals surface area contributed by atoms with E-state index in [-0.39, 0.29) is 5.91 Å². The van der Waals surface area contributed by atoms with E-state index in [2.05, 4.69) is 32.5 Å². The fraction of sp³-hybridized carbons (Fsp3) is 0.296. The number of nitrogens with one attached hydrogen (secondary N) is 2. The number of nitrogens with zero attached hydrogens (tertiary/aromatic N) is 3.